The molecule has 0 aliphatic heterocycles. The number of carbonyl (C=O) groups is 2. The molecule has 0 unspecified atom stereocenters. The molecule has 1 heterocycles. The second-order valence-electron chi connectivity index (χ2n) is 8.05. The van der Waals surface area contributed by atoms with Crippen molar-refractivity contribution in [3.63, 3.8) is 0 Å². The minimum absolute atomic E-state index is 0.0157. The van der Waals surface area contributed by atoms with Gasteiger partial charge in [-0.15, -0.1) is 10.2 Å². The van der Waals surface area contributed by atoms with Crippen molar-refractivity contribution in [2.24, 2.45) is 0 Å². The molecule has 0 fully saturated rings. The van der Waals surface area contributed by atoms with Gasteiger partial charge in [0.2, 0.25) is 5.91 Å². The Balaban J connectivity index is 1.54. The second kappa shape index (κ2) is 11.4. The lowest BCUT2D eigenvalue weighted by Gasteiger charge is -2.11. The molecule has 190 valence electrons. The first kappa shape index (κ1) is 26.1. The van der Waals surface area contributed by atoms with Gasteiger partial charge in [0.1, 0.15) is 5.75 Å². The monoisotopic (exact) mass is 536 g/mol. The van der Waals surface area contributed by atoms with E-state index in [1.54, 1.807) is 47.0 Å². The maximum absolute atomic E-state index is 13.1. The van der Waals surface area contributed by atoms with E-state index >= 15 is 0 Å². The molecule has 0 saturated carbocycles. The lowest BCUT2D eigenvalue weighted by Crippen LogP contribution is -2.15. The summed E-state index contributed by atoms with van der Waals surface area (Å²) in [6.07, 6.45) is 0. The van der Waals surface area contributed by atoms with E-state index < -0.39 is 15.8 Å². The van der Waals surface area contributed by atoms with Gasteiger partial charge in [0.15, 0.2) is 20.8 Å². The first-order valence-electron chi connectivity index (χ1n) is 11.2. The van der Waals surface area contributed by atoms with Crippen LogP contribution in [0.25, 0.3) is 5.69 Å². The molecule has 0 aliphatic rings. The fourth-order valence-electron chi connectivity index (χ4n) is 3.49. The molecular weight excluding hydrogens is 512 g/mol. The Labute approximate surface area is 218 Å². The highest BCUT2D eigenvalue weighted by atomic mass is 32.2. The van der Waals surface area contributed by atoms with Gasteiger partial charge in [-0.3, -0.25) is 9.36 Å². The largest absolute Gasteiger partial charge is 0.465 e. The number of hydrogen-bond donors (Lipinski definition) is 1. The van der Waals surface area contributed by atoms with Crippen LogP contribution < -0.4 is 5.32 Å². The van der Waals surface area contributed by atoms with Gasteiger partial charge in [0.05, 0.1) is 23.3 Å². The van der Waals surface area contributed by atoms with E-state index in [4.69, 9.17) is 4.74 Å². The summed E-state index contributed by atoms with van der Waals surface area (Å²) >= 11 is 1.12. The van der Waals surface area contributed by atoms with Crippen LogP contribution in [0.3, 0.4) is 0 Å². The molecule has 1 amide bonds. The topological polar surface area (TPSA) is 120 Å². The summed E-state index contributed by atoms with van der Waals surface area (Å²) in [4.78, 5) is 24.6. The molecule has 11 heteroatoms. The summed E-state index contributed by atoms with van der Waals surface area (Å²) in [7, 11) is -2.40. The van der Waals surface area contributed by atoms with E-state index in [-0.39, 0.29) is 28.1 Å². The number of esters is 1. The smallest absolute Gasteiger partial charge is 0.337 e. The summed E-state index contributed by atoms with van der Waals surface area (Å²) in [5.74, 6) is -0.970. The van der Waals surface area contributed by atoms with Crippen molar-refractivity contribution in [2.75, 3.05) is 18.2 Å². The molecule has 4 aromatic rings. The molecule has 37 heavy (non-hydrogen) atoms. The number of methoxy groups -OCH3 is 1. The lowest BCUT2D eigenvalue weighted by atomic mass is 10.2. The van der Waals surface area contributed by atoms with Crippen molar-refractivity contribution in [1.82, 2.24) is 14.8 Å². The molecule has 1 N–H and O–H groups in total. The number of ether oxygens (including phenoxy) is 1. The number of aromatic nitrogens is 3. The predicted octanol–water partition coefficient (Wildman–Crippen LogP) is 4.07. The molecule has 0 radical (unpaired) electrons. The van der Waals surface area contributed by atoms with Crippen LogP contribution in [-0.2, 0) is 25.1 Å². The van der Waals surface area contributed by atoms with E-state index in [0.717, 1.165) is 17.3 Å². The second-order valence-corrected chi connectivity index (χ2v) is 11.0. The van der Waals surface area contributed by atoms with Crippen molar-refractivity contribution in [3.8, 4) is 5.69 Å². The molecule has 0 saturated heterocycles. The molecule has 0 aliphatic carbocycles. The molecule has 9 nitrogen and oxygen atoms in total. The highest BCUT2D eigenvalue weighted by Gasteiger charge is 2.23. The number of nitrogens with zero attached hydrogens (tertiary/aromatic N) is 3. The van der Waals surface area contributed by atoms with Crippen LogP contribution in [0.15, 0.2) is 88.9 Å². The van der Waals surface area contributed by atoms with Crippen LogP contribution in [0.1, 0.15) is 21.7 Å². The third kappa shape index (κ3) is 6.43. The molecule has 3 aromatic carbocycles. The number of para-hydroxylation sites is 1. The minimum atomic E-state index is -3.68. The Hall–Kier alpha value is -3.96. The number of carbonyl (C=O) groups excluding carboxylic acids is 2. The number of anilines is 1. The maximum Gasteiger partial charge on any atom is 0.337 e. The number of sulfone groups is 1. The van der Waals surface area contributed by atoms with Gasteiger partial charge in [0, 0.05) is 11.4 Å². The van der Waals surface area contributed by atoms with E-state index in [1.165, 1.54) is 13.2 Å². The summed E-state index contributed by atoms with van der Waals surface area (Å²) in [5.41, 5.74) is 2.40. The Morgan fingerprint density at radius 1 is 0.973 bits per heavy atom. The van der Waals surface area contributed by atoms with Crippen LogP contribution in [0.5, 0.6) is 0 Å². The van der Waals surface area contributed by atoms with Crippen molar-refractivity contribution < 1.29 is 22.7 Å². The number of rotatable bonds is 9. The summed E-state index contributed by atoms with van der Waals surface area (Å²) < 4.78 is 32.5. The van der Waals surface area contributed by atoms with E-state index in [1.807, 2.05) is 37.3 Å². The van der Waals surface area contributed by atoms with Gasteiger partial charge in [0.25, 0.3) is 0 Å². The van der Waals surface area contributed by atoms with Crippen LogP contribution in [0.4, 0.5) is 5.69 Å². The number of amides is 1. The third-order valence-electron chi connectivity index (χ3n) is 5.31. The number of nitrogens with one attached hydrogen (secondary N) is 1. The van der Waals surface area contributed by atoms with Gasteiger partial charge in [-0.1, -0.05) is 53.7 Å². The first-order chi connectivity index (χ1) is 17.8. The van der Waals surface area contributed by atoms with Crippen LogP contribution in [0.2, 0.25) is 0 Å². The van der Waals surface area contributed by atoms with Gasteiger partial charge >= 0.3 is 5.97 Å². The highest BCUT2D eigenvalue weighted by molar-refractivity contribution is 7.99. The van der Waals surface area contributed by atoms with Crippen molar-refractivity contribution >= 4 is 39.2 Å². The molecule has 1 aromatic heterocycles. The SMILES string of the molecule is COC(=O)c1cccc(NC(=O)CSc2nnc(CS(=O)(=O)c3ccc(C)cc3)n2-c2ccccc2)c1. The highest BCUT2D eigenvalue weighted by Crippen LogP contribution is 2.25. The van der Waals surface area contributed by atoms with Crippen LogP contribution in [0, 0.1) is 6.92 Å². The number of aryl methyl sites for hydroxylation is 1. The maximum atomic E-state index is 13.1. The summed E-state index contributed by atoms with van der Waals surface area (Å²) in [6, 6.07) is 22.2. The zero-order valence-corrected chi connectivity index (χ0v) is 21.8. The zero-order chi connectivity index (χ0) is 26.4. The molecule has 0 atom stereocenters. The Bertz CT molecular complexity index is 1520. The minimum Gasteiger partial charge on any atom is -0.465 e. The molecule has 0 bridgehead atoms. The molecule has 4 rings (SSSR count). The Kier molecular flexibility index (Phi) is 8.04. The molecular formula is C26H24N4O5S2. The third-order valence-corrected chi connectivity index (χ3v) is 7.87. The van der Waals surface area contributed by atoms with Crippen LogP contribution >= 0.6 is 11.8 Å². The quantitative estimate of drug-likeness (QED) is 0.251. The number of hydrogen-bond acceptors (Lipinski definition) is 8. The van der Waals surface area contributed by atoms with Crippen molar-refractivity contribution in [1.29, 1.82) is 0 Å². The van der Waals surface area contributed by atoms with Crippen molar-refractivity contribution in [3.05, 3.63) is 95.8 Å². The van der Waals surface area contributed by atoms with E-state index in [0.29, 0.717) is 22.1 Å². The predicted molar refractivity (Wildman–Crippen MR) is 141 cm³/mol. The standard InChI is InChI=1S/C26H24N4O5S2/c1-18-11-13-22(14-12-18)37(33,34)17-23-28-29-26(30(23)21-9-4-3-5-10-21)36-16-24(31)27-20-8-6-7-19(15-20)25(32)35-2/h3-15H,16-17H2,1-2H3,(H,27,31). The van der Waals surface area contributed by atoms with Gasteiger partial charge < -0.3 is 10.1 Å². The van der Waals surface area contributed by atoms with Crippen LogP contribution in [-0.4, -0.2) is 47.9 Å². The van der Waals surface area contributed by atoms with Gasteiger partial charge in [-0.05, 0) is 49.4 Å². The Morgan fingerprint density at radius 3 is 2.41 bits per heavy atom. The zero-order valence-electron chi connectivity index (χ0n) is 20.1. The average Bonchev–Trinajstić information content (AvgIpc) is 3.29. The van der Waals surface area contributed by atoms with E-state index in [9.17, 15) is 18.0 Å². The van der Waals surface area contributed by atoms with Crippen molar-refractivity contribution in [2.45, 2.75) is 22.7 Å². The number of benzene rings is 3. The normalized spacial score (nSPS) is 11.2. The average molecular weight is 537 g/mol. The fourth-order valence-corrected chi connectivity index (χ4v) is 5.51. The van der Waals surface area contributed by atoms with Gasteiger partial charge in [-0.2, -0.15) is 0 Å². The van der Waals surface area contributed by atoms with Gasteiger partial charge in [-0.25, -0.2) is 13.2 Å². The summed E-state index contributed by atoms with van der Waals surface area (Å²) in [5, 5.41) is 11.4. The van der Waals surface area contributed by atoms with E-state index in [2.05, 4.69) is 15.5 Å². The number of thioether (sulfide) groups is 1. The fraction of sp³-hybridized carbons (Fsp3) is 0.154. The summed E-state index contributed by atoms with van der Waals surface area (Å²) in [6.45, 7) is 1.89. The molecule has 0 spiro atoms. The lowest BCUT2D eigenvalue weighted by molar-refractivity contribution is -0.113. The Morgan fingerprint density at radius 2 is 1.70 bits per heavy atom. The first-order valence-corrected chi connectivity index (χ1v) is 13.8.